The van der Waals surface area contributed by atoms with E-state index in [2.05, 4.69) is 5.32 Å². The number of fused-ring (bicyclic) bond motifs is 1. The fourth-order valence-corrected chi connectivity index (χ4v) is 2.54. The van der Waals surface area contributed by atoms with Crippen molar-refractivity contribution < 1.29 is 9.59 Å². The first-order valence-electron chi connectivity index (χ1n) is 5.96. The zero-order valence-corrected chi connectivity index (χ0v) is 9.48. The Hall–Kier alpha value is -1.68. The summed E-state index contributed by atoms with van der Waals surface area (Å²) in [5.74, 6) is -0.307. The van der Waals surface area contributed by atoms with Crippen molar-refractivity contribution in [2.24, 2.45) is 0 Å². The van der Waals surface area contributed by atoms with Gasteiger partial charge in [-0.1, -0.05) is 12.1 Å². The third kappa shape index (κ3) is 1.65. The number of imide groups is 1. The van der Waals surface area contributed by atoms with Crippen LogP contribution in [0.3, 0.4) is 0 Å². The van der Waals surface area contributed by atoms with Crippen LogP contribution in [0.5, 0.6) is 0 Å². The van der Waals surface area contributed by atoms with Crippen LogP contribution in [0.15, 0.2) is 24.3 Å². The molecule has 88 valence electrons. The molecule has 0 radical (unpaired) electrons. The van der Waals surface area contributed by atoms with E-state index >= 15 is 0 Å². The molecule has 4 nitrogen and oxygen atoms in total. The third-order valence-electron chi connectivity index (χ3n) is 3.44. The molecule has 0 aliphatic carbocycles. The van der Waals surface area contributed by atoms with Crippen molar-refractivity contribution in [1.29, 1.82) is 0 Å². The minimum Gasteiger partial charge on any atom is -0.312 e. The van der Waals surface area contributed by atoms with Crippen LogP contribution in [-0.2, 0) is 0 Å². The summed E-state index contributed by atoms with van der Waals surface area (Å²) < 4.78 is 0. The smallest absolute Gasteiger partial charge is 0.261 e. The Morgan fingerprint density at radius 3 is 2.35 bits per heavy atom. The molecular weight excluding hydrogens is 216 g/mol. The second-order valence-corrected chi connectivity index (χ2v) is 4.56. The first-order chi connectivity index (χ1) is 8.27. The number of benzene rings is 1. The van der Waals surface area contributed by atoms with Gasteiger partial charge in [0.15, 0.2) is 0 Å². The summed E-state index contributed by atoms with van der Waals surface area (Å²) in [6, 6.07) is 7.29. The van der Waals surface area contributed by atoms with E-state index in [4.69, 9.17) is 0 Å². The molecule has 2 aliphatic rings. The minimum atomic E-state index is -0.153. The molecule has 0 saturated carbocycles. The molecule has 2 heterocycles. The number of carbonyl (C=O) groups is 2. The molecule has 0 aromatic heterocycles. The molecule has 3 rings (SSSR count). The molecule has 1 atom stereocenters. The number of amides is 2. The minimum absolute atomic E-state index is 0.153. The van der Waals surface area contributed by atoms with E-state index in [-0.39, 0.29) is 17.9 Å². The Balaban J connectivity index is 1.84. The van der Waals surface area contributed by atoms with Crippen LogP contribution in [0.1, 0.15) is 33.6 Å². The molecule has 1 N–H and O–H groups in total. The van der Waals surface area contributed by atoms with Gasteiger partial charge in [0, 0.05) is 12.6 Å². The van der Waals surface area contributed by atoms with E-state index in [0.29, 0.717) is 17.7 Å². The van der Waals surface area contributed by atoms with Crippen LogP contribution in [0.4, 0.5) is 0 Å². The SMILES string of the molecule is O=C1c2ccccc2C(=O)N1C[C@H]1CCCN1. The highest BCUT2D eigenvalue weighted by Crippen LogP contribution is 2.23. The van der Waals surface area contributed by atoms with Gasteiger partial charge in [-0.05, 0) is 31.5 Å². The van der Waals surface area contributed by atoms with Gasteiger partial charge >= 0.3 is 0 Å². The third-order valence-corrected chi connectivity index (χ3v) is 3.44. The van der Waals surface area contributed by atoms with E-state index < -0.39 is 0 Å². The molecule has 0 unspecified atom stereocenters. The monoisotopic (exact) mass is 230 g/mol. The van der Waals surface area contributed by atoms with Gasteiger partial charge in [0.25, 0.3) is 11.8 Å². The summed E-state index contributed by atoms with van der Waals surface area (Å²) in [5.41, 5.74) is 1.07. The lowest BCUT2D eigenvalue weighted by atomic mass is 10.1. The highest BCUT2D eigenvalue weighted by Gasteiger charge is 2.36. The number of hydrogen-bond acceptors (Lipinski definition) is 3. The number of nitrogens with one attached hydrogen (secondary N) is 1. The van der Waals surface area contributed by atoms with Gasteiger partial charge in [-0.15, -0.1) is 0 Å². The molecule has 1 aromatic rings. The van der Waals surface area contributed by atoms with Crippen molar-refractivity contribution in [3.63, 3.8) is 0 Å². The summed E-state index contributed by atoms with van der Waals surface area (Å²) >= 11 is 0. The van der Waals surface area contributed by atoms with Gasteiger partial charge in [-0.3, -0.25) is 14.5 Å². The molecule has 0 bridgehead atoms. The number of nitrogens with zero attached hydrogens (tertiary/aromatic N) is 1. The van der Waals surface area contributed by atoms with Crippen molar-refractivity contribution in [2.45, 2.75) is 18.9 Å². The Morgan fingerprint density at radius 1 is 1.18 bits per heavy atom. The number of carbonyl (C=O) groups excluding carboxylic acids is 2. The van der Waals surface area contributed by atoms with Crippen LogP contribution in [-0.4, -0.2) is 35.8 Å². The summed E-state index contributed by atoms with van der Waals surface area (Å²) in [5, 5.41) is 3.31. The number of hydrogen-bond donors (Lipinski definition) is 1. The van der Waals surface area contributed by atoms with Crippen molar-refractivity contribution in [3.8, 4) is 0 Å². The van der Waals surface area contributed by atoms with Crippen LogP contribution in [0, 0.1) is 0 Å². The summed E-state index contributed by atoms with van der Waals surface area (Å²) in [4.78, 5) is 25.5. The lowest BCUT2D eigenvalue weighted by molar-refractivity contribution is 0.0641. The highest BCUT2D eigenvalue weighted by molar-refractivity contribution is 6.21. The average Bonchev–Trinajstić information content (AvgIpc) is 2.94. The molecule has 1 aromatic carbocycles. The maximum Gasteiger partial charge on any atom is 0.261 e. The molecule has 1 fully saturated rings. The van der Waals surface area contributed by atoms with Crippen molar-refractivity contribution >= 4 is 11.8 Å². The van der Waals surface area contributed by atoms with Gasteiger partial charge in [0.2, 0.25) is 0 Å². The first-order valence-corrected chi connectivity index (χ1v) is 5.96. The van der Waals surface area contributed by atoms with Gasteiger partial charge in [0.1, 0.15) is 0 Å². The second-order valence-electron chi connectivity index (χ2n) is 4.56. The van der Waals surface area contributed by atoms with Gasteiger partial charge in [-0.25, -0.2) is 0 Å². The fraction of sp³-hybridized carbons (Fsp3) is 0.385. The Morgan fingerprint density at radius 2 is 1.82 bits per heavy atom. The van der Waals surface area contributed by atoms with E-state index in [1.165, 1.54) is 4.90 Å². The van der Waals surface area contributed by atoms with Crippen LogP contribution in [0.2, 0.25) is 0 Å². The summed E-state index contributed by atoms with van der Waals surface area (Å²) in [6.07, 6.45) is 2.15. The highest BCUT2D eigenvalue weighted by atomic mass is 16.2. The second kappa shape index (κ2) is 3.96. The molecule has 17 heavy (non-hydrogen) atoms. The Bertz CT molecular complexity index is 443. The lowest BCUT2D eigenvalue weighted by Crippen LogP contribution is -2.40. The first kappa shape index (κ1) is 10.5. The molecule has 2 aliphatic heterocycles. The van der Waals surface area contributed by atoms with Crippen molar-refractivity contribution in [3.05, 3.63) is 35.4 Å². The molecule has 0 spiro atoms. The Labute approximate surface area is 99.6 Å². The topological polar surface area (TPSA) is 49.4 Å². The normalized spacial score (nSPS) is 23.3. The van der Waals surface area contributed by atoms with Crippen LogP contribution in [0.25, 0.3) is 0 Å². The van der Waals surface area contributed by atoms with E-state index in [0.717, 1.165) is 19.4 Å². The van der Waals surface area contributed by atoms with E-state index in [1.807, 2.05) is 0 Å². The van der Waals surface area contributed by atoms with Gasteiger partial charge in [0.05, 0.1) is 11.1 Å². The molecule has 2 amide bonds. The van der Waals surface area contributed by atoms with E-state index in [1.54, 1.807) is 24.3 Å². The zero-order chi connectivity index (χ0) is 11.8. The van der Waals surface area contributed by atoms with Crippen molar-refractivity contribution in [2.75, 3.05) is 13.1 Å². The summed E-state index contributed by atoms with van der Waals surface area (Å²) in [6.45, 7) is 1.47. The fourth-order valence-electron chi connectivity index (χ4n) is 2.54. The predicted octanol–water partition coefficient (Wildman–Crippen LogP) is 1.03. The van der Waals surface area contributed by atoms with Gasteiger partial charge < -0.3 is 5.32 Å². The van der Waals surface area contributed by atoms with Crippen LogP contribution >= 0.6 is 0 Å². The van der Waals surface area contributed by atoms with E-state index in [9.17, 15) is 9.59 Å². The molecular formula is C13H14N2O2. The summed E-state index contributed by atoms with van der Waals surface area (Å²) in [7, 11) is 0. The lowest BCUT2D eigenvalue weighted by Gasteiger charge is -2.18. The zero-order valence-electron chi connectivity index (χ0n) is 9.48. The van der Waals surface area contributed by atoms with Crippen molar-refractivity contribution in [1.82, 2.24) is 10.2 Å². The maximum atomic E-state index is 12.1. The molecule has 1 saturated heterocycles. The maximum absolute atomic E-state index is 12.1. The predicted molar refractivity (Wildman–Crippen MR) is 62.8 cm³/mol. The molecule has 4 heteroatoms. The number of rotatable bonds is 2. The standard InChI is InChI=1S/C13H14N2O2/c16-12-10-5-1-2-6-11(10)13(17)15(12)8-9-4-3-7-14-9/h1-2,5-6,9,14H,3-4,7-8H2/t9-/m1/s1. The quantitative estimate of drug-likeness (QED) is 0.772. The average molecular weight is 230 g/mol. The van der Waals surface area contributed by atoms with Gasteiger partial charge in [-0.2, -0.15) is 0 Å². The van der Waals surface area contributed by atoms with Crippen LogP contribution < -0.4 is 5.32 Å². The Kier molecular flexibility index (Phi) is 2.44. The largest absolute Gasteiger partial charge is 0.312 e.